The van der Waals surface area contributed by atoms with Crippen LogP contribution in [0.2, 0.25) is 0 Å². The van der Waals surface area contributed by atoms with E-state index in [-0.39, 0.29) is 21.2 Å². The average Bonchev–Trinajstić information content (AvgIpc) is 3.30. The highest BCUT2D eigenvalue weighted by Crippen LogP contribution is 2.30. The molecule has 6 nitrogen and oxygen atoms in total. The monoisotopic (exact) mass is 778 g/mol. The van der Waals surface area contributed by atoms with Crippen LogP contribution in [0.4, 0.5) is 11.4 Å². The molecule has 0 N–H and O–H groups in total. The van der Waals surface area contributed by atoms with Gasteiger partial charge in [0.15, 0.2) is 0 Å². The van der Waals surface area contributed by atoms with Crippen LogP contribution in [-0.2, 0) is 0 Å². The Labute approximate surface area is 348 Å². The van der Waals surface area contributed by atoms with Gasteiger partial charge in [0, 0.05) is 24.3 Å². The second-order valence-corrected chi connectivity index (χ2v) is 14.3. The fourth-order valence-electron chi connectivity index (χ4n) is 7.10. The first kappa shape index (κ1) is 38.6. The first-order valence-corrected chi connectivity index (χ1v) is 19.5. The van der Waals surface area contributed by atoms with Gasteiger partial charge in [-0.25, -0.2) is 0 Å². The van der Waals surface area contributed by atoms with Crippen LogP contribution in [0.5, 0.6) is 0 Å². The van der Waals surface area contributed by atoms with Gasteiger partial charge in [0.1, 0.15) is 0 Å². The molecule has 0 bridgehead atoms. The van der Waals surface area contributed by atoms with Crippen molar-refractivity contribution in [2.24, 2.45) is 0 Å². The molecule has 0 aliphatic heterocycles. The summed E-state index contributed by atoms with van der Waals surface area (Å²) in [6, 6.07) is 62.9. The van der Waals surface area contributed by atoms with E-state index in [1.807, 2.05) is 60.7 Å². The summed E-state index contributed by atoms with van der Waals surface area (Å²) in [5, 5.41) is 24.9. The van der Waals surface area contributed by atoms with Crippen LogP contribution < -0.4 is 0 Å². The molecule has 0 radical (unpaired) electrons. The molecule has 8 aromatic rings. The van der Waals surface area contributed by atoms with Crippen molar-refractivity contribution in [1.82, 2.24) is 0 Å². The summed E-state index contributed by atoms with van der Waals surface area (Å²) in [5.74, 6) is 0. The van der Waals surface area contributed by atoms with Gasteiger partial charge in [-0.05, 0) is 126 Å². The van der Waals surface area contributed by atoms with Gasteiger partial charge in [-0.15, -0.1) is 0 Å². The SMILES string of the molecule is O=[N+]([O-])c1ccc(/C(=C\c2ccc(/C=C\c3cc4ccccc4cc3/C=C\c3ccc(/C=C(/c4ccccc4)c4ccc([N+](=O)[O-])cc4)cc3)cc2)c2ccccc2)cc1. The van der Waals surface area contributed by atoms with Crippen molar-refractivity contribution < 1.29 is 9.85 Å². The van der Waals surface area contributed by atoms with Gasteiger partial charge in [-0.2, -0.15) is 0 Å². The molecule has 8 rings (SSSR count). The summed E-state index contributed by atoms with van der Waals surface area (Å²) in [4.78, 5) is 21.8. The first-order chi connectivity index (χ1) is 29.4. The van der Waals surface area contributed by atoms with Crippen molar-refractivity contribution in [3.8, 4) is 0 Å². The molecule has 0 saturated carbocycles. The minimum Gasteiger partial charge on any atom is -0.258 e. The normalized spacial score (nSPS) is 12.0. The zero-order chi connectivity index (χ0) is 41.3. The predicted octanol–water partition coefficient (Wildman–Crippen LogP) is 14.2. The maximum Gasteiger partial charge on any atom is 0.269 e. The smallest absolute Gasteiger partial charge is 0.258 e. The minimum absolute atomic E-state index is 0.0620. The van der Waals surface area contributed by atoms with Crippen LogP contribution in [0.1, 0.15) is 55.6 Å². The zero-order valence-electron chi connectivity index (χ0n) is 32.5. The van der Waals surface area contributed by atoms with E-state index < -0.39 is 0 Å². The maximum atomic E-state index is 11.3. The average molecular weight is 779 g/mol. The van der Waals surface area contributed by atoms with E-state index in [2.05, 4.69) is 121 Å². The summed E-state index contributed by atoms with van der Waals surface area (Å²) >= 11 is 0. The molecule has 0 aromatic heterocycles. The molecular weight excluding hydrogens is 741 g/mol. The molecule has 0 saturated heterocycles. The Morgan fingerprint density at radius 3 is 1.02 bits per heavy atom. The zero-order valence-corrected chi connectivity index (χ0v) is 32.5. The van der Waals surface area contributed by atoms with E-state index in [0.717, 1.165) is 77.6 Å². The Kier molecular flexibility index (Phi) is 11.5. The number of fused-ring (bicyclic) bond motifs is 1. The Morgan fingerprint density at radius 1 is 0.350 bits per heavy atom. The van der Waals surface area contributed by atoms with Crippen LogP contribution >= 0.6 is 0 Å². The molecule has 0 atom stereocenters. The third-order valence-electron chi connectivity index (χ3n) is 10.3. The number of nitro benzene ring substituents is 2. The van der Waals surface area contributed by atoms with Gasteiger partial charge >= 0.3 is 0 Å². The Balaban J connectivity index is 1.05. The van der Waals surface area contributed by atoms with E-state index in [1.165, 1.54) is 0 Å². The van der Waals surface area contributed by atoms with Gasteiger partial charge in [0.25, 0.3) is 11.4 Å². The van der Waals surface area contributed by atoms with E-state index >= 15 is 0 Å². The fraction of sp³-hybridized carbons (Fsp3) is 0. The summed E-state index contributed by atoms with van der Waals surface area (Å²) in [6.45, 7) is 0. The number of rotatable bonds is 12. The number of non-ortho nitro benzene ring substituents is 2. The minimum atomic E-state index is -0.382. The maximum absolute atomic E-state index is 11.3. The molecule has 0 unspecified atom stereocenters. The molecule has 0 amide bonds. The largest absolute Gasteiger partial charge is 0.269 e. The standard InChI is InChI=1S/C54H38N2O4/c57-55(58)51-31-27-45(28-32-51)53(43-9-3-1-4-10-43)35-41-19-15-39(16-20-41)23-25-49-37-47-13-7-8-14-48(47)38-50(49)26-24-40-17-21-42(22-18-40)36-54(44-11-5-2-6-12-44)46-29-33-52(34-30-46)56(59)60/h1-38H/b25-23-,26-24-,53-35-,54-36-. The summed E-state index contributed by atoms with van der Waals surface area (Å²) < 4.78 is 0. The lowest BCUT2D eigenvalue weighted by atomic mass is 9.95. The molecular formula is C54H38N2O4. The topological polar surface area (TPSA) is 86.3 Å². The van der Waals surface area contributed by atoms with Gasteiger partial charge < -0.3 is 0 Å². The lowest BCUT2D eigenvalue weighted by Crippen LogP contribution is -1.91. The van der Waals surface area contributed by atoms with Crippen molar-refractivity contribution in [1.29, 1.82) is 0 Å². The molecule has 288 valence electrons. The molecule has 8 aromatic carbocycles. The molecule has 6 heteroatoms. The summed E-state index contributed by atoms with van der Waals surface area (Å²) in [6.07, 6.45) is 12.8. The van der Waals surface area contributed by atoms with Crippen LogP contribution in [0.3, 0.4) is 0 Å². The number of nitrogens with zero attached hydrogens (tertiary/aromatic N) is 2. The fourth-order valence-corrected chi connectivity index (χ4v) is 7.10. The van der Waals surface area contributed by atoms with Crippen molar-refractivity contribution >= 4 is 69.7 Å². The van der Waals surface area contributed by atoms with E-state index in [9.17, 15) is 20.2 Å². The highest BCUT2D eigenvalue weighted by Gasteiger charge is 2.11. The highest BCUT2D eigenvalue weighted by atomic mass is 16.6. The van der Waals surface area contributed by atoms with Crippen LogP contribution in [-0.4, -0.2) is 9.85 Å². The van der Waals surface area contributed by atoms with Crippen molar-refractivity contribution in [3.63, 3.8) is 0 Å². The molecule has 0 heterocycles. The van der Waals surface area contributed by atoms with Gasteiger partial charge in [-0.1, -0.05) is 158 Å². The van der Waals surface area contributed by atoms with Crippen LogP contribution in [0.25, 0.3) is 58.4 Å². The third kappa shape index (κ3) is 9.31. The van der Waals surface area contributed by atoms with Crippen molar-refractivity contribution in [2.75, 3.05) is 0 Å². The second-order valence-electron chi connectivity index (χ2n) is 14.3. The van der Waals surface area contributed by atoms with Gasteiger partial charge in [-0.3, -0.25) is 20.2 Å². The quantitative estimate of drug-likeness (QED) is 0.0702. The van der Waals surface area contributed by atoms with E-state index in [1.54, 1.807) is 48.5 Å². The molecule has 0 aliphatic rings. The Hall–Kier alpha value is -8.22. The third-order valence-corrected chi connectivity index (χ3v) is 10.3. The van der Waals surface area contributed by atoms with Gasteiger partial charge in [0.2, 0.25) is 0 Å². The van der Waals surface area contributed by atoms with Crippen molar-refractivity contribution in [3.05, 3.63) is 270 Å². The Morgan fingerprint density at radius 2 is 0.667 bits per heavy atom. The number of hydrogen-bond acceptors (Lipinski definition) is 4. The van der Waals surface area contributed by atoms with Crippen LogP contribution in [0, 0.1) is 20.2 Å². The lowest BCUT2D eigenvalue weighted by Gasteiger charge is -2.09. The van der Waals surface area contributed by atoms with E-state index in [4.69, 9.17) is 0 Å². The highest BCUT2D eigenvalue weighted by molar-refractivity contribution is 5.94. The number of hydrogen-bond donors (Lipinski definition) is 0. The number of nitro groups is 2. The van der Waals surface area contributed by atoms with Crippen molar-refractivity contribution in [2.45, 2.75) is 0 Å². The van der Waals surface area contributed by atoms with Gasteiger partial charge in [0.05, 0.1) is 9.85 Å². The lowest BCUT2D eigenvalue weighted by molar-refractivity contribution is -0.385. The first-order valence-electron chi connectivity index (χ1n) is 19.5. The van der Waals surface area contributed by atoms with Crippen LogP contribution in [0.15, 0.2) is 194 Å². The summed E-state index contributed by atoms with van der Waals surface area (Å²) in [7, 11) is 0. The summed E-state index contributed by atoms with van der Waals surface area (Å²) in [5.41, 5.74) is 12.3. The molecule has 0 aliphatic carbocycles. The molecule has 0 fully saturated rings. The molecule has 0 spiro atoms. The predicted molar refractivity (Wildman–Crippen MR) is 248 cm³/mol. The van der Waals surface area contributed by atoms with E-state index in [0.29, 0.717) is 0 Å². The Bertz CT molecular complexity index is 2710. The molecule has 60 heavy (non-hydrogen) atoms. The second kappa shape index (κ2) is 17.9. The number of benzene rings is 8.